The summed E-state index contributed by atoms with van der Waals surface area (Å²) in [5.41, 5.74) is 0.953. The molecule has 2 N–H and O–H groups in total. The van der Waals surface area contributed by atoms with Crippen LogP contribution < -0.4 is 5.32 Å². The van der Waals surface area contributed by atoms with Crippen LogP contribution in [-0.4, -0.2) is 23.8 Å². The molecule has 3 aliphatic rings. The molecule has 3 aliphatic carbocycles. The molecule has 0 amide bonds. The van der Waals surface area contributed by atoms with E-state index in [0.29, 0.717) is 22.8 Å². The SMILES string of the molecule is CC12CCC(C1)C(C)(C)C2NCC1CCCC1O. The third-order valence-electron chi connectivity index (χ3n) is 6.47. The van der Waals surface area contributed by atoms with Gasteiger partial charge in [-0.2, -0.15) is 0 Å². The van der Waals surface area contributed by atoms with E-state index in [0.717, 1.165) is 18.9 Å². The second kappa shape index (κ2) is 4.21. The van der Waals surface area contributed by atoms with Crippen LogP contribution in [0.25, 0.3) is 0 Å². The van der Waals surface area contributed by atoms with Gasteiger partial charge in [-0.15, -0.1) is 0 Å². The lowest BCUT2D eigenvalue weighted by molar-refractivity contribution is 0.0867. The van der Waals surface area contributed by atoms with E-state index in [9.17, 15) is 5.11 Å². The van der Waals surface area contributed by atoms with Crippen LogP contribution >= 0.6 is 0 Å². The Morgan fingerprint density at radius 3 is 2.50 bits per heavy atom. The normalized spacial score (nSPS) is 50.0. The van der Waals surface area contributed by atoms with Crippen LogP contribution in [0.5, 0.6) is 0 Å². The van der Waals surface area contributed by atoms with Gasteiger partial charge in [0.05, 0.1) is 6.10 Å². The van der Waals surface area contributed by atoms with Crippen LogP contribution in [0.2, 0.25) is 0 Å². The van der Waals surface area contributed by atoms with Crippen molar-refractivity contribution in [3.05, 3.63) is 0 Å². The average Bonchev–Trinajstić information content (AvgIpc) is 2.90. The van der Waals surface area contributed by atoms with Crippen molar-refractivity contribution in [2.75, 3.05) is 6.54 Å². The molecule has 2 bridgehead atoms. The van der Waals surface area contributed by atoms with Crippen LogP contribution in [-0.2, 0) is 0 Å². The molecular formula is C16H29NO. The Morgan fingerprint density at radius 2 is 1.94 bits per heavy atom. The number of rotatable bonds is 3. The summed E-state index contributed by atoms with van der Waals surface area (Å²) < 4.78 is 0. The van der Waals surface area contributed by atoms with Crippen LogP contribution in [0.15, 0.2) is 0 Å². The van der Waals surface area contributed by atoms with Crippen molar-refractivity contribution in [2.24, 2.45) is 22.7 Å². The van der Waals surface area contributed by atoms with Gasteiger partial charge in [0.2, 0.25) is 0 Å². The molecule has 0 aromatic heterocycles. The lowest BCUT2D eigenvalue weighted by Crippen LogP contribution is -2.51. The molecule has 2 nitrogen and oxygen atoms in total. The Bertz CT molecular complexity index is 322. The quantitative estimate of drug-likeness (QED) is 0.808. The number of fused-ring (bicyclic) bond motifs is 2. The Hall–Kier alpha value is -0.0800. The fraction of sp³-hybridized carbons (Fsp3) is 1.00. The van der Waals surface area contributed by atoms with Gasteiger partial charge in [-0.25, -0.2) is 0 Å². The third kappa shape index (κ3) is 1.84. The minimum atomic E-state index is -0.0491. The van der Waals surface area contributed by atoms with Crippen molar-refractivity contribution in [3.63, 3.8) is 0 Å². The zero-order valence-corrected chi connectivity index (χ0v) is 12.2. The standard InChI is InChI=1S/C16H29NO/c1-15(2)12-7-8-16(3,9-12)14(15)17-10-11-5-4-6-13(11)18/h11-14,17-18H,4-10H2,1-3H3. The van der Waals surface area contributed by atoms with E-state index < -0.39 is 0 Å². The van der Waals surface area contributed by atoms with Crippen molar-refractivity contribution in [1.29, 1.82) is 0 Å². The van der Waals surface area contributed by atoms with E-state index in [1.54, 1.807) is 0 Å². The summed E-state index contributed by atoms with van der Waals surface area (Å²) in [6.45, 7) is 8.40. The van der Waals surface area contributed by atoms with Crippen LogP contribution in [0.1, 0.15) is 59.3 Å². The Balaban J connectivity index is 1.65. The molecule has 0 aromatic rings. The first kappa shape index (κ1) is 12.9. The van der Waals surface area contributed by atoms with Gasteiger partial charge in [0, 0.05) is 12.6 Å². The van der Waals surface area contributed by atoms with Gasteiger partial charge < -0.3 is 10.4 Å². The van der Waals surface area contributed by atoms with Crippen molar-refractivity contribution in [1.82, 2.24) is 5.32 Å². The molecule has 0 spiro atoms. The summed E-state index contributed by atoms with van der Waals surface area (Å²) in [4.78, 5) is 0. The first-order valence-corrected chi connectivity index (χ1v) is 7.85. The van der Waals surface area contributed by atoms with Gasteiger partial charge >= 0.3 is 0 Å². The molecule has 5 unspecified atom stereocenters. The van der Waals surface area contributed by atoms with Gasteiger partial charge in [-0.05, 0) is 54.8 Å². The molecule has 3 fully saturated rings. The van der Waals surface area contributed by atoms with E-state index >= 15 is 0 Å². The second-order valence-electron chi connectivity index (χ2n) is 8.01. The van der Waals surface area contributed by atoms with E-state index in [2.05, 4.69) is 26.1 Å². The molecule has 0 radical (unpaired) electrons. The molecule has 0 aliphatic heterocycles. The summed E-state index contributed by atoms with van der Waals surface area (Å²) >= 11 is 0. The van der Waals surface area contributed by atoms with Gasteiger partial charge in [0.15, 0.2) is 0 Å². The maximum atomic E-state index is 9.95. The number of hydrogen-bond donors (Lipinski definition) is 2. The predicted octanol–water partition coefficient (Wildman–Crippen LogP) is 2.95. The highest BCUT2D eigenvalue weighted by atomic mass is 16.3. The first-order valence-electron chi connectivity index (χ1n) is 7.85. The molecule has 18 heavy (non-hydrogen) atoms. The van der Waals surface area contributed by atoms with E-state index in [-0.39, 0.29) is 6.10 Å². The van der Waals surface area contributed by atoms with Crippen LogP contribution in [0.4, 0.5) is 0 Å². The zero-order valence-electron chi connectivity index (χ0n) is 12.2. The Kier molecular flexibility index (Phi) is 3.02. The van der Waals surface area contributed by atoms with Crippen LogP contribution in [0, 0.1) is 22.7 Å². The average molecular weight is 251 g/mol. The van der Waals surface area contributed by atoms with Gasteiger partial charge in [0.25, 0.3) is 0 Å². The monoisotopic (exact) mass is 251 g/mol. The highest BCUT2D eigenvalue weighted by Gasteiger charge is 2.59. The van der Waals surface area contributed by atoms with Crippen molar-refractivity contribution >= 4 is 0 Å². The highest BCUT2D eigenvalue weighted by molar-refractivity contribution is 5.12. The molecule has 3 saturated carbocycles. The lowest BCUT2D eigenvalue weighted by atomic mass is 9.68. The maximum Gasteiger partial charge on any atom is 0.0580 e. The molecule has 0 saturated heterocycles. The topological polar surface area (TPSA) is 32.3 Å². The Morgan fingerprint density at radius 1 is 1.17 bits per heavy atom. The van der Waals surface area contributed by atoms with E-state index in [1.807, 2.05) is 0 Å². The van der Waals surface area contributed by atoms with Gasteiger partial charge in [-0.3, -0.25) is 0 Å². The predicted molar refractivity (Wildman–Crippen MR) is 74.4 cm³/mol. The van der Waals surface area contributed by atoms with Crippen molar-refractivity contribution in [2.45, 2.75) is 71.4 Å². The largest absolute Gasteiger partial charge is 0.393 e. The fourth-order valence-electron chi connectivity index (χ4n) is 5.34. The summed E-state index contributed by atoms with van der Waals surface area (Å²) in [5, 5.41) is 13.8. The minimum Gasteiger partial charge on any atom is -0.393 e. The van der Waals surface area contributed by atoms with Crippen LogP contribution in [0.3, 0.4) is 0 Å². The van der Waals surface area contributed by atoms with Crippen molar-refractivity contribution < 1.29 is 5.11 Å². The lowest BCUT2D eigenvalue weighted by Gasteiger charge is -2.44. The van der Waals surface area contributed by atoms with E-state index in [4.69, 9.17) is 0 Å². The third-order valence-corrected chi connectivity index (χ3v) is 6.47. The molecule has 3 rings (SSSR count). The highest BCUT2D eigenvalue weighted by Crippen LogP contribution is 2.62. The molecule has 5 atom stereocenters. The first-order chi connectivity index (χ1) is 8.43. The molecule has 104 valence electrons. The number of aliphatic hydroxyl groups is 1. The van der Waals surface area contributed by atoms with Gasteiger partial charge in [-0.1, -0.05) is 27.2 Å². The molecule has 2 heteroatoms. The minimum absolute atomic E-state index is 0.0491. The summed E-state index contributed by atoms with van der Waals surface area (Å²) in [6, 6.07) is 0.650. The number of hydrogen-bond acceptors (Lipinski definition) is 2. The molecular weight excluding hydrogens is 222 g/mol. The van der Waals surface area contributed by atoms with Crippen molar-refractivity contribution in [3.8, 4) is 0 Å². The number of nitrogens with one attached hydrogen (secondary N) is 1. The fourth-order valence-corrected chi connectivity index (χ4v) is 5.34. The Labute approximate surface area is 112 Å². The van der Waals surface area contributed by atoms with E-state index in [1.165, 1.54) is 32.1 Å². The summed E-state index contributed by atoms with van der Waals surface area (Å²) in [5.74, 6) is 1.41. The smallest absolute Gasteiger partial charge is 0.0580 e. The summed E-state index contributed by atoms with van der Waals surface area (Å²) in [6.07, 6.45) is 7.61. The number of aliphatic hydroxyl groups excluding tert-OH is 1. The van der Waals surface area contributed by atoms with Gasteiger partial charge in [0.1, 0.15) is 0 Å². The second-order valence-corrected chi connectivity index (χ2v) is 8.01. The zero-order chi connectivity index (χ0) is 13.0. The maximum absolute atomic E-state index is 9.95. The molecule has 0 heterocycles. The summed E-state index contributed by atoms with van der Waals surface area (Å²) in [7, 11) is 0. The molecule has 0 aromatic carbocycles.